The van der Waals surface area contributed by atoms with Crippen LogP contribution < -0.4 is 5.32 Å². The van der Waals surface area contributed by atoms with Crippen molar-refractivity contribution in [1.82, 2.24) is 5.32 Å². The molecule has 0 aromatic heterocycles. The molecule has 0 unspecified atom stereocenters. The maximum Gasteiger partial charge on any atom is 0.326 e. The van der Waals surface area contributed by atoms with Crippen LogP contribution in [0.1, 0.15) is 30.6 Å². The van der Waals surface area contributed by atoms with Crippen LogP contribution in [0.5, 0.6) is 0 Å². The summed E-state index contributed by atoms with van der Waals surface area (Å²) in [6.45, 7) is 3.73. The fourth-order valence-electron chi connectivity index (χ4n) is 1.66. The molecule has 0 aliphatic rings. The molecule has 7 heteroatoms. The monoisotopic (exact) mass is 337 g/mol. The van der Waals surface area contributed by atoms with E-state index in [1.807, 2.05) is 13.8 Å². The van der Waals surface area contributed by atoms with Crippen molar-refractivity contribution in [2.45, 2.75) is 26.3 Å². The Morgan fingerprint density at radius 2 is 1.75 bits per heavy atom. The number of hydrogen-bond donors (Lipinski definition) is 2. The number of halogens is 3. The molecular weight excluding hydrogens is 325 g/mol. The second-order valence-electron chi connectivity index (χ2n) is 4.71. The van der Waals surface area contributed by atoms with Gasteiger partial charge in [0.2, 0.25) is 0 Å². The van der Waals surface area contributed by atoms with E-state index in [4.69, 9.17) is 39.9 Å². The zero-order valence-corrected chi connectivity index (χ0v) is 13.2. The average molecular weight is 339 g/mol. The normalized spacial score (nSPS) is 12.3. The van der Waals surface area contributed by atoms with Crippen molar-refractivity contribution in [2.24, 2.45) is 5.92 Å². The van der Waals surface area contributed by atoms with Gasteiger partial charge in [-0.3, -0.25) is 4.79 Å². The van der Waals surface area contributed by atoms with Crippen molar-refractivity contribution in [1.29, 1.82) is 0 Å². The zero-order chi connectivity index (χ0) is 15.4. The lowest BCUT2D eigenvalue weighted by Crippen LogP contribution is -2.41. The molecular formula is C13H14Cl3NO3. The standard InChI is InChI=1S/C13H14Cl3NO3/c1-6(2)5-9(13(19)20)17-12(18)10-7(14)3-4-8(15)11(10)16/h3-4,6,9H,5H2,1-2H3,(H,17,18)(H,19,20)/t9-/m0/s1. The van der Waals surface area contributed by atoms with Crippen molar-refractivity contribution in [3.05, 3.63) is 32.8 Å². The quantitative estimate of drug-likeness (QED) is 0.801. The lowest BCUT2D eigenvalue weighted by Gasteiger charge is -2.17. The van der Waals surface area contributed by atoms with Gasteiger partial charge in [-0.25, -0.2) is 4.79 Å². The Morgan fingerprint density at radius 1 is 1.20 bits per heavy atom. The molecule has 0 spiro atoms. The van der Waals surface area contributed by atoms with Crippen LogP contribution in [0.15, 0.2) is 12.1 Å². The molecule has 0 bridgehead atoms. The molecule has 1 rings (SSSR count). The second kappa shape index (κ2) is 7.16. The highest BCUT2D eigenvalue weighted by atomic mass is 35.5. The van der Waals surface area contributed by atoms with E-state index < -0.39 is 17.9 Å². The highest BCUT2D eigenvalue weighted by Gasteiger charge is 2.24. The van der Waals surface area contributed by atoms with E-state index in [1.54, 1.807) is 0 Å². The molecule has 0 heterocycles. The molecule has 0 aliphatic carbocycles. The number of carbonyl (C=O) groups is 2. The summed E-state index contributed by atoms with van der Waals surface area (Å²) in [5.74, 6) is -1.65. The van der Waals surface area contributed by atoms with Crippen LogP contribution in [0, 0.1) is 5.92 Å². The summed E-state index contributed by atoms with van der Waals surface area (Å²) in [6.07, 6.45) is 0.302. The summed E-state index contributed by atoms with van der Waals surface area (Å²) in [4.78, 5) is 23.3. The van der Waals surface area contributed by atoms with Gasteiger partial charge in [0.25, 0.3) is 5.91 Å². The van der Waals surface area contributed by atoms with Crippen LogP contribution in [0.25, 0.3) is 0 Å². The predicted octanol–water partition coefficient (Wildman–Crippen LogP) is 3.88. The van der Waals surface area contributed by atoms with E-state index in [0.717, 1.165) is 0 Å². The summed E-state index contributed by atoms with van der Waals surface area (Å²) in [5, 5.41) is 11.8. The van der Waals surface area contributed by atoms with E-state index in [-0.39, 0.29) is 26.5 Å². The minimum Gasteiger partial charge on any atom is -0.480 e. The number of hydrogen-bond acceptors (Lipinski definition) is 2. The molecule has 110 valence electrons. The third-order valence-corrected chi connectivity index (χ3v) is 3.70. The largest absolute Gasteiger partial charge is 0.480 e. The van der Waals surface area contributed by atoms with Gasteiger partial charge in [-0.1, -0.05) is 48.7 Å². The van der Waals surface area contributed by atoms with Crippen molar-refractivity contribution >= 4 is 46.7 Å². The lowest BCUT2D eigenvalue weighted by atomic mass is 10.0. The smallest absolute Gasteiger partial charge is 0.326 e. The van der Waals surface area contributed by atoms with E-state index in [2.05, 4.69) is 5.32 Å². The minimum absolute atomic E-state index is 0.00496. The topological polar surface area (TPSA) is 66.4 Å². The molecule has 0 saturated heterocycles. The van der Waals surface area contributed by atoms with Crippen LogP contribution in [0.4, 0.5) is 0 Å². The summed E-state index contributed by atoms with van der Waals surface area (Å²) >= 11 is 17.7. The van der Waals surface area contributed by atoms with Crippen LogP contribution in [0.3, 0.4) is 0 Å². The minimum atomic E-state index is -1.11. The Hall–Kier alpha value is -0.970. The van der Waals surface area contributed by atoms with E-state index in [9.17, 15) is 9.59 Å². The molecule has 0 fully saturated rings. The fraction of sp³-hybridized carbons (Fsp3) is 0.385. The van der Waals surface area contributed by atoms with Crippen LogP contribution >= 0.6 is 34.8 Å². The number of carboxylic acids is 1. The van der Waals surface area contributed by atoms with Gasteiger partial charge in [-0.15, -0.1) is 0 Å². The summed E-state index contributed by atoms with van der Waals surface area (Å²) in [6, 6.07) is 1.89. The number of carboxylic acid groups (broad SMARTS) is 1. The first-order chi connectivity index (χ1) is 9.23. The molecule has 0 aliphatic heterocycles. The summed E-state index contributed by atoms with van der Waals surface area (Å²) < 4.78 is 0. The van der Waals surface area contributed by atoms with Crippen LogP contribution in [0.2, 0.25) is 15.1 Å². The SMILES string of the molecule is CC(C)C[C@H](NC(=O)c1c(Cl)ccc(Cl)c1Cl)C(=O)O. The Labute approximate surface area is 132 Å². The highest BCUT2D eigenvalue weighted by Crippen LogP contribution is 2.31. The number of nitrogens with one attached hydrogen (secondary N) is 1. The Bertz CT molecular complexity index is 532. The van der Waals surface area contributed by atoms with Gasteiger partial charge in [-0.2, -0.15) is 0 Å². The van der Waals surface area contributed by atoms with Crippen LogP contribution in [-0.2, 0) is 4.79 Å². The molecule has 4 nitrogen and oxygen atoms in total. The highest BCUT2D eigenvalue weighted by molar-refractivity contribution is 6.46. The van der Waals surface area contributed by atoms with Crippen LogP contribution in [-0.4, -0.2) is 23.0 Å². The Kier molecular flexibility index (Phi) is 6.11. The van der Waals surface area contributed by atoms with E-state index in [0.29, 0.717) is 6.42 Å². The van der Waals surface area contributed by atoms with Gasteiger partial charge < -0.3 is 10.4 Å². The molecule has 0 saturated carbocycles. The third-order valence-electron chi connectivity index (χ3n) is 2.58. The van der Waals surface area contributed by atoms with Gasteiger partial charge in [-0.05, 0) is 24.5 Å². The molecule has 1 amide bonds. The molecule has 1 aromatic rings. The third kappa shape index (κ3) is 4.27. The number of amides is 1. The van der Waals surface area contributed by atoms with E-state index in [1.165, 1.54) is 12.1 Å². The first-order valence-electron chi connectivity index (χ1n) is 5.91. The number of aliphatic carboxylic acids is 1. The maximum atomic E-state index is 12.1. The molecule has 2 N–H and O–H groups in total. The van der Waals surface area contributed by atoms with Gasteiger partial charge in [0.05, 0.1) is 20.6 Å². The first kappa shape index (κ1) is 17.1. The molecule has 1 atom stereocenters. The number of rotatable bonds is 5. The van der Waals surface area contributed by atoms with Crippen molar-refractivity contribution in [2.75, 3.05) is 0 Å². The lowest BCUT2D eigenvalue weighted by molar-refractivity contribution is -0.139. The maximum absolute atomic E-state index is 12.1. The predicted molar refractivity (Wildman–Crippen MR) is 79.8 cm³/mol. The van der Waals surface area contributed by atoms with Gasteiger partial charge in [0.1, 0.15) is 6.04 Å². The molecule has 1 aromatic carbocycles. The zero-order valence-electron chi connectivity index (χ0n) is 10.9. The Balaban J connectivity index is 3.01. The number of benzene rings is 1. The summed E-state index contributed by atoms with van der Waals surface area (Å²) in [5.41, 5.74) is -0.0177. The Morgan fingerprint density at radius 3 is 2.25 bits per heavy atom. The van der Waals surface area contributed by atoms with Crippen molar-refractivity contribution in [3.8, 4) is 0 Å². The second-order valence-corrected chi connectivity index (χ2v) is 5.90. The van der Waals surface area contributed by atoms with Crippen molar-refractivity contribution < 1.29 is 14.7 Å². The first-order valence-corrected chi connectivity index (χ1v) is 7.04. The van der Waals surface area contributed by atoms with Gasteiger partial charge >= 0.3 is 5.97 Å². The van der Waals surface area contributed by atoms with Crippen molar-refractivity contribution in [3.63, 3.8) is 0 Å². The number of carbonyl (C=O) groups excluding carboxylic acids is 1. The van der Waals surface area contributed by atoms with E-state index >= 15 is 0 Å². The molecule has 20 heavy (non-hydrogen) atoms. The average Bonchev–Trinajstić information content (AvgIpc) is 2.33. The summed E-state index contributed by atoms with van der Waals surface area (Å²) in [7, 11) is 0. The van der Waals surface area contributed by atoms with Gasteiger partial charge in [0.15, 0.2) is 0 Å². The van der Waals surface area contributed by atoms with Gasteiger partial charge in [0, 0.05) is 0 Å². The fourth-order valence-corrected chi connectivity index (χ4v) is 2.36. The molecule has 0 radical (unpaired) electrons.